The zero-order valence-electron chi connectivity index (χ0n) is 8.59. The Morgan fingerprint density at radius 1 is 1.39 bits per heavy atom. The van der Waals surface area contributed by atoms with E-state index in [-0.39, 0.29) is 15.6 Å². The van der Waals surface area contributed by atoms with E-state index in [4.69, 9.17) is 5.53 Å². The maximum atomic E-state index is 12.4. The van der Waals surface area contributed by atoms with Crippen LogP contribution in [-0.4, -0.2) is 21.6 Å². The number of carbonyl (C=O) groups excluding carboxylic acids is 1. The molecule has 1 aromatic carbocycles. The number of hydrogen-bond donors (Lipinski definition) is 0. The Balaban J connectivity index is 2.77. The second-order valence-corrected chi connectivity index (χ2v) is 3.23. The van der Waals surface area contributed by atoms with Gasteiger partial charge in [0.2, 0.25) is 5.95 Å². The molecular formula is C9H4F3N5O. The van der Waals surface area contributed by atoms with Crippen LogP contribution in [0.4, 0.5) is 19.1 Å². The van der Waals surface area contributed by atoms with Crippen LogP contribution in [0.1, 0.15) is 4.79 Å². The smallest absolute Gasteiger partial charge is 0.264 e. The summed E-state index contributed by atoms with van der Waals surface area (Å²) in [6.07, 6.45) is -5.08. The third-order valence-corrected chi connectivity index (χ3v) is 2.12. The highest BCUT2D eigenvalue weighted by Crippen LogP contribution is 2.27. The van der Waals surface area contributed by atoms with Crippen LogP contribution < -0.4 is 0 Å². The van der Waals surface area contributed by atoms with Crippen molar-refractivity contribution >= 4 is 22.9 Å². The molecule has 92 valence electrons. The molecule has 0 N–H and O–H groups in total. The number of halogens is 3. The molecule has 2 aromatic rings. The fraction of sp³-hybridized carbons (Fsp3) is 0.111. The number of hydrogen-bond acceptors (Lipinski definition) is 3. The lowest BCUT2D eigenvalue weighted by Crippen LogP contribution is -2.28. The fourth-order valence-corrected chi connectivity index (χ4v) is 1.45. The van der Waals surface area contributed by atoms with Crippen molar-refractivity contribution in [2.75, 3.05) is 0 Å². The molecule has 0 aliphatic heterocycles. The monoisotopic (exact) mass is 255 g/mol. The van der Waals surface area contributed by atoms with E-state index < -0.39 is 18.0 Å². The van der Waals surface area contributed by atoms with Gasteiger partial charge in [-0.3, -0.25) is 9.36 Å². The van der Waals surface area contributed by atoms with E-state index in [2.05, 4.69) is 15.0 Å². The topological polar surface area (TPSA) is 83.7 Å². The zero-order valence-corrected chi connectivity index (χ0v) is 8.59. The van der Waals surface area contributed by atoms with Crippen molar-refractivity contribution in [3.63, 3.8) is 0 Å². The highest BCUT2D eigenvalue weighted by atomic mass is 19.4. The van der Waals surface area contributed by atoms with E-state index in [9.17, 15) is 18.0 Å². The van der Waals surface area contributed by atoms with Crippen LogP contribution in [0, 0.1) is 0 Å². The van der Waals surface area contributed by atoms with Crippen LogP contribution in [-0.2, 0) is 0 Å². The van der Waals surface area contributed by atoms with Crippen LogP contribution in [0.25, 0.3) is 21.5 Å². The molecule has 0 bridgehead atoms. The molecule has 0 fully saturated rings. The number of para-hydroxylation sites is 2. The number of benzene rings is 1. The van der Waals surface area contributed by atoms with Crippen molar-refractivity contribution in [2.24, 2.45) is 5.11 Å². The lowest BCUT2D eigenvalue weighted by Gasteiger charge is -2.07. The Kier molecular flexibility index (Phi) is 2.68. The predicted octanol–water partition coefficient (Wildman–Crippen LogP) is 3.18. The predicted molar refractivity (Wildman–Crippen MR) is 55.2 cm³/mol. The summed E-state index contributed by atoms with van der Waals surface area (Å²) >= 11 is 0. The number of fused-ring (bicyclic) bond motifs is 1. The summed E-state index contributed by atoms with van der Waals surface area (Å²) in [6, 6.07) is 5.68. The summed E-state index contributed by atoms with van der Waals surface area (Å²) in [4.78, 5) is 17.3. The third-order valence-electron chi connectivity index (χ3n) is 2.12. The summed E-state index contributed by atoms with van der Waals surface area (Å²) in [5.41, 5.74) is 8.34. The maximum Gasteiger partial charge on any atom is 0.472 e. The Bertz CT molecular complexity index is 668. The van der Waals surface area contributed by atoms with Gasteiger partial charge in [0.1, 0.15) is 0 Å². The van der Waals surface area contributed by atoms with E-state index in [0.29, 0.717) is 0 Å². The minimum Gasteiger partial charge on any atom is -0.264 e. The van der Waals surface area contributed by atoms with Gasteiger partial charge in [0.25, 0.3) is 0 Å². The Morgan fingerprint density at radius 2 is 2.06 bits per heavy atom. The van der Waals surface area contributed by atoms with Crippen molar-refractivity contribution in [1.29, 1.82) is 0 Å². The molecule has 1 aromatic heterocycles. The normalized spacial score (nSPS) is 11.3. The van der Waals surface area contributed by atoms with Gasteiger partial charge in [-0.2, -0.15) is 13.2 Å². The lowest BCUT2D eigenvalue weighted by molar-refractivity contribution is -0.0942. The molecule has 0 spiro atoms. The van der Waals surface area contributed by atoms with Crippen LogP contribution in [0.5, 0.6) is 0 Å². The average Bonchev–Trinajstić information content (AvgIpc) is 2.65. The number of azide groups is 1. The summed E-state index contributed by atoms with van der Waals surface area (Å²) in [5, 5.41) is 2.99. The molecule has 6 nitrogen and oxygen atoms in total. The molecule has 0 aliphatic carbocycles. The Morgan fingerprint density at radius 3 is 2.67 bits per heavy atom. The second kappa shape index (κ2) is 4.04. The van der Waals surface area contributed by atoms with E-state index in [1.54, 1.807) is 0 Å². The van der Waals surface area contributed by atoms with Crippen LogP contribution in [0.2, 0.25) is 0 Å². The van der Waals surface area contributed by atoms with Gasteiger partial charge in [0.05, 0.1) is 11.0 Å². The molecule has 1 heterocycles. The largest absolute Gasteiger partial charge is 0.472 e. The maximum absolute atomic E-state index is 12.4. The first kappa shape index (κ1) is 11.9. The van der Waals surface area contributed by atoms with Gasteiger partial charge in [0, 0.05) is 4.91 Å². The molecule has 18 heavy (non-hydrogen) atoms. The van der Waals surface area contributed by atoms with E-state index in [1.165, 1.54) is 24.3 Å². The number of carbonyl (C=O) groups is 1. The molecule has 0 atom stereocenters. The summed E-state index contributed by atoms with van der Waals surface area (Å²) in [7, 11) is 0. The third kappa shape index (κ3) is 1.87. The average molecular weight is 255 g/mol. The Labute approximate surface area is 97.3 Å². The SMILES string of the molecule is [N-]=[N+]=Nc1nc2ccccc2n1C(=O)C(F)(F)F. The highest BCUT2D eigenvalue weighted by Gasteiger charge is 2.41. The van der Waals surface area contributed by atoms with Crippen LogP contribution in [0.15, 0.2) is 29.4 Å². The number of imidazole rings is 1. The minimum atomic E-state index is -5.08. The van der Waals surface area contributed by atoms with Gasteiger partial charge in [0.15, 0.2) is 0 Å². The molecule has 0 saturated heterocycles. The van der Waals surface area contributed by atoms with E-state index in [0.717, 1.165) is 0 Å². The molecule has 0 amide bonds. The summed E-state index contributed by atoms with van der Waals surface area (Å²) in [5.74, 6) is -2.79. The summed E-state index contributed by atoms with van der Waals surface area (Å²) < 4.78 is 37.5. The van der Waals surface area contributed by atoms with Crippen molar-refractivity contribution < 1.29 is 18.0 Å². The number of nitrogens with zero attached hydrogens (tertiary/aromatic N) is 5. The van der Waals surface area contributed by atoms with Gasteiger partial charge in [-0.05, 0) is 22.8 Å². The first-order valence-corrected chi connectivity index (χ1v) is 4.59. The highest BCUT2D eigenvalue weighted by molar-refractivity contribution is 5.96. The minimum absolute atomic E-state index is 0.0674. The van der Waals surface area contributed by atoms with Crippen molar-refractivity contribution in [2.45, 2.75) is 6.18 Å². The quantitative estimate of drug-likeness (QED) is 0.445. The number of aromatic nitrogens is 2. The van der Waals surface area contributed by atoms with Crippen LogP contribution >= 0.6 is 0 Å². The van der Waals surface area contributed by atoms with Crippen molar-refractivity contribution in [3.05, 3.63) is 34.7 Å². The van der Waals surface area contributed by atoms with Crippen LogP contribution in [0.3, 0.4) is 0 Å². The zero-order chi connectivity index (χ0) is 13.3. The van der Waals surface area contributed by atoms with Crippen molar-refractivity contribution in [3.8, 4) is 0 Å². The Hall–Kier alpha value is -2.54. The van der Waals surface area contributed by atoms with Gasteiger partial charge >= 0.3 is 12.1 Å². The molecule has 2 rings (SSSR count). The second-order valence-electron chi connectivity index (χ2n) is 3.23. The molecule has 0 saturated carbocycles. The molecule has 9 heteroatoms. The molecule has 0 unspecified atom stereocenters. The molecular weight excluding hydrogens is 251 g/mol. The summed E-state index contributed by atoms with van der Waals surface area (Å²) in [6.45, 7) is 0. The number of rotatable bonds is 1. The fourth-order valence-electron chi connectivity index (χ4n) is 1.45. The van der Waals surface area contributed by atoms with Gasteiger partial charge in [-0.25, -0.2) is 4.98 Å². The van der Waals surface area contributed by atoms with Gasteiger partial charge in [-0.15, -0.1) is 0 Å². The first-order valence-electron chi connectivity index (χ1n) is 4.59. The molecule has 0 radical (unpaired) electrons. The van der Waals surface area contributed by atoms with E-state index in [1.807, 2.05) is 0 Å². The number of alkyl halides is 3. The standard InChI is InChI=1S/C9H4F3N5O/c10-9(11,12)7(18)17-6-4-2-1-3-5(6)14-8(17)15-16-13/h1-4H. The van der Waals surface area contributed by atoms with E-state index >= 15 is 0 Å². The van der Waals surface area contributed by atoms with Gasteiger partial charge in [-0.1, -0.05) is 12.1 Å². The molecule has 0 aliphatic rings. The first-order chi connectivity index (χ1) is 8.45. The van der Waals surface area contributed by atoms with Gasteiger partial charge < -0.3 is 0 Å². The van der Waals surface area contributed by atoms with Crippen molar-refractivity contribution in [1.82, 2.24) is 9.55 Å². The lowest BCUT2D eigenvalue weighted by atomic mass is 10.3.